The zero-order valence-corrected chi connectivity index (χ0v) is 22.0. The number of benzene rings is 2. The fourth-order valence-corrected chi connectivity index (χ4v) is 5.83. The first-order valence-electron chi connectivity index (χ1n) is 13.4. The lowest BCUT2D eigenvalue weighted by molar-refractivity contribution is 0.0883. The van der Waals surface area contributed by atoms with Crippen LogP contribution in [0.15, 0.2) is 54.7 Å². The first kappa shape index (κ1) is 24.1. The maximum atomic E-state index is 6.41. The Bertz CT molecular complexity index is 1140. The van der Waals surface area contributed by atoms with E-state index in [-0.39, 0.29) is 0 Å². The molecule has 1 aromatic heterocycles. The maximum absolute atomic E-state index is 6.41. The Morgan fingerprint density at radius 3 is 2.29 bits per heavy atom. The second-order valence-corrected chi connectivity index (χ2v) is 11.7. The third-order valence-corrected chi connectivity index (χ3v) is 8.10. The van der Waals surface area contributed by atoms with Gasteiger partial charge in [0.15, 0.2) is 0 Å². The first-order chi connectivity index (χ1) is 16.8. The van der Waals surface area contributed by atoms with Gasteiger partial charge in [0, 0.05) is 50.3 Å². The lowest BCUT2D eigenvalue weighted by atomic mass is 9.72. The number of piperazine rings is 1. The monoisotopic (exact) mass is 471 g/mol. The molecule has 4 heteroatoms. The van der Waals surface area contributed by atoms with Crippen molar-refractivity contribution in [3.05, 3.63) is 66.0 Å². The molecule has 1 aliphatic heterocycles. The van der Waals surface area contributed by atoms with E-state index in [1.165, 1.54) is 47.7 Å². The molecule has 0 unspecified atom stereocenters. The predicted octanol–water partition coefficient (Wildman–Crippen LogP) is 6.85. The number of fused-ring (bicyclic) bond motifs is 1. The van der Waals surface area contributed by atoms with Gasteiger partial charge in [-0.15, -0.1) is 0 Å². The normalized spacial score (nSPS) is 21.9. The quantitative estimate of drug-likeness (QED) is 0.407. The molecule has 2 fully saturated rings. The van der Waals surface area contributed by atoms with Crippen LogP contribution in [0.5, 0.6) is 5.75 Å². The van der Waals surface area contributed by atoms with Gasteiger partial charge < -0.3 is 9.64 Å². The number of aryl methyl sites for hydroxylation is 1. The van der Waals surface area contributed by atoms with Crippen molar-refractivity contribution in [2.24, 2.45) is 11.3 Å². The minimum atomic E-state index is 0.361. The third-order valence-electron chi connectivity index (χ3n) is 8.10. The van der Waals surface area contributed by atoms with Crippen LogP contribution >= 0.6 is 0 Å². The van der Waals surface area contributed by atoms with Crippen LogP contribution in [0.4, 0.5) is 5.69 Å². The van der Waals surface area contributed by atoms with Crippen molar-refractivity contribution in [1.82, 2.24) is 9.88 Å². The van der Waals surface area contributed by atoms with Crippen LogP contribution in [0.1, 0.15) is 57.7 Å². The van der Waals surface area contributed by atoms with Crippen LogP contribution in [0.25, 0.3) is 10.8 Å². The highest BCUT2D eigenvalue weighted by molar-refractivity contribution is 5.84. The molecule has 0 amide bonds. The van der Waals surface area contributed by atoms with Gasteiger partial charge in [-0.1, -0.05) is 39.0 Å². The SMILES string of the molecule is Cc1cc(N2CCN(Cc3ccc4cc(OC5CCC(C(C)(C)C)CC5)ccc4c3)CC2)ccn1. The summed E-state index contributed by atoms with van der Waals surface area (Å²) in [6, 6.07) is 17.9. The number of hydrogen-bond acceptors (Lipinski definition) is 4. The molecule has 2 heterocycles. The molecular formula is C31H41N3O. The number of nitrogens with zero attached hydrogens (tertiary/aromatic N) is 3. The Kier molecular flexibility index (Phi) is 7.02. The summed E-state index contributed by atoms with van der Waals surface area (Å²) < 4.78 is 6.41. The molecule has 1 saturated carbocycles. The van der Waals surface area contributed by atoms with Gasteiger partial charge >= 0.3 is 0 Å². The van der Waals surface area contributed by atoms with Gasteiger partial charge in [-0.05, 0) is 90.6 Å². The van der Waals surface area contributed by atoms with E-state index in [9.17, 15) is 0 Å². The average molecular weight is 472 g/mol. The molecule has 1 aliphatic carbocycles. The highest BCUT2D eigenvalue weighted by Gasteiger charge is 2.30. The van der Waals surface area contributed by atoms with Crippen molar-refractivity contribution in [2.75, 3.05) is 31.1 Å². The first-order valence-corrected chi connectivity index (χ1v) is 13.4. The van der Waals surface area contributed by atoms with Gasteiger partial charge in [0.1, 0.15) is 5.75 Å². The lowest BCUT2D eigenvalue weighted by Crippen LogP contribution is -2.46. The van der Waals surface area contributed by atoms with Gasteiger partial charge in [0.25, 0.3) is 0 Å². The van der Waals surface area contributed by atoms with Crippen molar-refractivity contribution in [1.29, 1.82) is 0 Å². The van der Waals surface area contributed by atoms with E-state index < -0.39 is 0 Å². The molecular weight excluding hydrogens is 430 g/mol. The number of aromatic nitrogens is 1. The summed E-state index contributed by atoms with van der Waals surface area (Å²) in [5.41, 5.74) is 4.18. The smallest absolute Gasteiger partial charge is 0.120 e. The average Bonchev–Trinajstić information content (AvgIpc) is 2.84. The van der Waals surface area contributed by atoms with Crippen molar-refractivity contribution in [2.45, 2.75) is 66.0 Å². The molecule has 2 aromatic carbocycles. The van der Waals surface area contributed by atoms with Gasteiger partial charge in [-0.25, -0.2) is 0 Å². The van der Waals surface area contributed by atoms with Crippen LogP contribution in [0.3, 0.4) is 0 Å². The van der Waals surface area contributed by atoms with Gasteiger partial charge in [-0.3, -0.25) is 9.88 Å². The maximum Gasteiger partial charge on any atom is 0.120 e. The highest BCUT2D eigenvalue weighted by atomic mass is 16.5. The molecule has 0 bridgehead atoms. The summed E-state index contributed by atoms with van der Waals surface area (Å²) in [4.78, 5) is 9.37. The summed E-state index contributed by atoms with van der Waals surface area (Å²) in [7, 11) is 0. The summed E-state index contributed by atoms with van der Waals surface area (Å²) in [6.45, 7) is 14.5. The Morgan fingerprint density at radius 2 is 1.57 bits per heavy atom. The van der Waals surface area contributed by atoms with Crippen LogP contribution in [0, 0.1) is 18.3 Å². The van der Waals surface area contributed by atoms with E-state index in [4.69, 9.17) is 4.74 Å². The summed E-state index contributed by atoms with van der Waals surface area (Å²) in [5.74, 6) is 1.84. The molecule has 2 aliphatic rings. The van der Waals surface area contributed by atoms with E-state index in [0.717, 1.165) is 50.1 Å². The fraction of sp³-hybridized carbons (Fsp3) is 0.516. The summed E-state index contributed by atoms with van der Waals surface area (Å²) in [5, 5.41) is 2.57. The third kappa shape index (κ3) is 5.98. The molecule has 5 rings (SSSR count). The van der Waals surface area contributed by atoms with Crippen LogP contribution in [0.2, 0.25) is 0 Å². The lowest BCUT2D eigenvalue weighted by Gasteiger charge is -2.37. The summed E-state index contributed by atoms with van der Waals surface area (Å²) in [6.07, 6.45) is 7.18. The zero-order valence-electron chi connectivity index (χ0n) is 22.0. The van der Waals surface area contributed by atoms with E-state index >= 15 is 0 Å². The number of hydrogen-bond donors (Lipinski definition) is 0. The van der Waals surface area contributed by atoms with Crippen molar-refractivity contribution < 1.29 is 4.74 Å². The molecule has 35 heavy (non-hydrogen) atoms. The van der Waals surface area contributed by atoms with Gasteiger partial charge in [0.05, 0.1) is 6.10 Å². The molecule has 1 saturated heterocycles. The highest BCUT2D eigenvalue weighted by Crippen LogP contribution is 2.39. The standard InChI is InChI=1S/C31H41N3O/c1-23-19-28(13-14-32-23)34-17-15-33(16-18-34)22-24-5-6-26-21-30(10-7-25(26)20-24)35-29-11-8-27(9-12-29)31(2,3)4/h5-7,10,13-14,19-21,27,29H,8-9,11-12,15-18,22H2,1-4H3. The molecule has 4 nitrogen and oxygen atoms in total. The Morgan fingerprint density at radius 1 is 0.857 bits per heavy atom. The van der Waals surface area contributed by atoms with Crippen LogP contribution < -0.4 is 9.64 Å². The predicted molar refractivity (Wildman–Crippen MR) is 146 cm³/mol. The number of rotatable bonds is 5. The molecule has 0 spiro atoms. The number of ether oxygens (including phenoxy) is 1. The van der Waals surface area contributed by atoms with E-state index in [1.807, 2.05) is 6.20 Å². The molecule has 0 N–H and O–H groups in total. The Labute approximate surface area is 211 Å². The number of anilines is 1. The van der Waals surface area contributed by atoms with Crippen LogP contribution in [-0.2, 0) is 6.54 Å². The number of pyridine rings is 1. The molecule has 0 radical (unpaired) electrons. The molecule has 3 aromatic rings. The zero-order chi connectivity index (χ0) is 24.4. The molecule has 186 valence electrons. The second kappa shape index (κ2) is 10.2. The minimum Gasteiger partial charge on any atom is -0.490 e. The van der Waals surface area contributed by atoms with Crippen molar-refractivity contribution in [3.63, 3.8) is 0 Å². The largest absolute Gasteiger partial charge is 0.490 e. The Hall–Kier alpha value is -2.59. The van der Waals surface area contributed by atoms with E-state index in [2.05, 4.69) is 91.0 Å². The van der Waals surface area contributed by atoms with Crippen LogP contribution in [-0.4, -0.2) is 42.2 Å². The fourth-order valence-electron chi connectivity index (χ4n) is 5.83. The van der Waals surface area contributed by atoms with Gasteiger partial charge in [-0.2, -0.15) is 0 Å². The second-order valence-electron chi connectivity index (χ2n) is 11.7. The van der Waals surface area contributed by atoms with Crippen molar-refractivity contribution >= 4 is 16.5 Å². The summed E-state index contributed by atoms with van der Waals surface area (Å²) >= 11 is 0. The Balaban J connectivity index is 1.15. The van der Waals surface area contributed by atoms with E-state index in [1.54, 1.807) is 0 Å². The van der Waals surface area contributed by atoms with Gasteiger partial charge in [0.2, 0.25) is 0 Å². The van der Waals surface area contributed by atoms with Crippen molar-refractivity contribution in [3.8, 4) is 5.75 Å². The van der Waals surface area contributed by atoms with E-state index in [0.29, 0.717) is 11.5 Å². The molecule has 0 atom stereocenters. The topological polar surface area (TPSA) is 28.6 Å². The minimum absolute atomic E-state index is 0.361.